The van der Waals surface area contributed by atoms with Gasteiger partial charge in [-0.25, -0.2) is 0 Å². The fourth-order valence-electron chi connectivity index (χ4n) is 6.29. The molecule has 0 bridgehead atoms. The molecule has 2 aromatic rings. The summed E-state index contributed by atoms with van der Waals surface area (Å²) in [6, 6.07) is 16.3. The lowest BCUT2D eigenvalue weighted by atomic mass is 9.79. The van der Waals surface area contributed by atoms with Gasteiger partial charge in [0.15, 0.2) is 0 Å². The van der Waals surface area contributed by atoms with Crippen molar-refractivity contribution in [1.29, 1.82) is 0 Å². The zero-order valence-corrected chi connectivity index (χ0v) is 20.6. The third-order valence-corrected chi connectivity index (χ3v) is 8.33. The second kappa shape index (κ2) is 8.37. The van der Waals surface area contributed by atoms with Gasteiger partial charge in [0.1, 0.15) is 5.76 Å². The Kier molecular flexibility index (Phi) is 5.28. The highest BCUT2D eigenvalue weighted by molar-refractivity contribution is 6.33. The molecule has 1 N–H and O–H groups in total. The first kappa shape index (κ1) is 22.1. The molecule has 35 heavy (non-hydrogen) atoms. The van der Waals surface area contributed by atoms with Gasteiger partial charge in [0.2, 0.25) is 5.78 Å². The van der Waals surface area contributed by atoms with E-state index in [-0.39, 0.29) is 17.0 Å². The summed E-state index contributed by atoms with van der Waals surface area (Å²) in [5.41, 5.74) is 6.58. The van der Waals surface area contributed by atoms with Crippen LogP contribution in [0.25, 0.3) is 5.57 Å². The van der Waals surface area contributed by atoms with E-state index in [2.05, 4.69) is 48.0 Å². The van der Waals surface area contributed by atoms with Crippen molar-refractivity contribution < 1.29 is 9.90 Å². The number of aliphatic hydroxyl groups is 1. The molecular formula is C31H32N2O2. The fraction of sp³-hybridized carbons (Fsp3) is 0.355. The highest BCUT2D eigenvalue weighted by Crippen LogP contribution is 2.50. The van der Waals surface area contributed by atoms with Gasteiger partial charge in [0, 0.05) is 40.7 Å². The number of nitrogens with zero attached hydrogens (tertiary/aromatic N) is 2. The van der Waals surface area contributed by atoms with Crippen LogP contribution in [-0.2, 0) is 10.2 Å². The molecule has 0 unspecified atom stereocenters. The van der Waals surface area contributed by atoms with E-state index in [1.54, 1.807) is 6.21 Å². The number of carbonyl (C=O) groups is 1. The van der Waals surface area contributed by atoms with E-state index in [0.29, 0.717) is 16.7 Å². The van der Waals surface area contributed by atoms with Crippen LogP contribution in [-0.4, -0.2) is 23.6 Å². The van der Waals surface area contributed by atoms with Crippen molar-refractivity contribution in [2.45, 2.75) is 57.8 Å². The maximum atomic E-state index is 13.4. The number of rotatable bonds is 4. The molecule has 0 spiro atoms. The molecule has 4 aliphatic rings. The van der Waals surface area contributed by atoms with Crippen LogP contribution < -0.4 is 4.90 Å². The monoisotopic (exact) mass is 464 g/mol. The fourth-order valence-corrected chi connectivity index (χ4v) is 6.29. The quantitative estimate of drug-likeness (QED) is 0.487. The molecule has 0 aromatic heterocycles. The Morgan fingerprint density at radius 3 is 2.60 bits per heavy atom. The lowest BCUT2D eigenvalue weighted by molar-refractivity contribution is -0.113. The number of para-hydroxylation sites is 2. The molecule has 2 aliphatic carbocycles. The van der Waals surface area contributed by atoms with Crippen LogP contribution in [0.3, 0.4) is 0 Å². The van der Waals surface area contributed by atoms with Gasteiger partial charge in [0.25, 0.3) is 0 Å². The summed E-state index contributed by atoms with van der Waals surface area (Å²) in [6.07, 6.45) is 11.5. The predicted molar refractivity (Wildman–Crippen MR) is 142 cm³/mol. The van der Waals surface area contributed by atoms with E-state index in [9.17, 15) is 9.90 Å². The van der Waals surface area contributed by atoms with Crippen LogP contribution >= 0.6 is 0 Å². The molecule has 2 heterocycles. The number of ketones is 1. The van der Waals surface area contributed by atoms with Gasteiger partial charge < -0.3 is 10.0 Å². The van der Waals surface area contributed by atoms with E-state index in [0.717, 1.165) is 35.8 Å². The Labute approximate surface area is 207 Å². The smallest absolute Gasteiger partial charge is 0.201 e. The first-order chi connectivity index (χ1) is 17.0. The van der Waals surface area contributed by atoms with Crippen LogP contribution in [0.15, 0.2) is 82.2 Å². The van der Waals surface area contributed by atoms with E-state index < -0.39 is 0 Å². The summed E-state index contributed by atoms with van der Waals surface area (Å²) in [7, 11) is 0. The maximum Gasteiger partial charge on any atom is 0.201 e. The molecule has 0 saturated heterocycles. The first-order valence-corrected chi connectivity index (χ1v) is 12.9. The Balaban J connectivity index is 1.38. The van der Waals surface area contributed by atoms with Crippen LogP contribution in [0.2, 0.25) is 0 Å². The molecular weight excluding hydrogens is 432 g/mol. The number of hydrogen-bond donors (Lipinski definition) is 1. The highest BCUT2D eigenvalue weighted by Gasteiger charge is 2.43. The maximum absolute atomic E-state index is 13.4. The normalized spacial score (nSPS) is 24.2. The Hall–Kier alpha value is -3.40. The number of fused-ring (bicyclic) bond motifs is 2. The van der Waals surface area contributed by atoms with Crippen LogP contribution in [0.5, 0.6) is 0 Å². The Morgan fingerprint density at radius 2 is 1.80 bits per heavy atom. The van der Waals surface area contributed by atoms with E-state index in [1.807, 2.05) is 30.3 Å². The number of benzene rings is 2. The van der Waals surface area contributed by atoms with E-state index in [1.165, 1.54) is 43.4 Å². The molecule has 178 valence electrons. The molecule has 1 fully saturated rings. The molecule has 0 atom stereocenters. The largest absolute Gasteiger partial charge is 0.506 e. The van der Waals surface area contributed by atoms with Gasteiger partial charge in [-0.3, -0.25) is 9.79 Å². The van der Waals surface area contributed by atoms with Crippen LogP contribution in [0.4, 0.5) is 11.4 Å². The van der Waals surface area contributed by atoms with Gasteiger partial charge in [-0.2, -0.15) is 0 Å². The van der Waals surface area contributed by atoms with Crippen molar-refractivity contribution in [2.75, 3.05) is 11.4 Å². The van der Waals surface area contributed by atoms with Gasteiger partial charge in [-0.05, 0) is 36.1 Å². The van der Waals surface area contributed by atoms with Crippen molar-refractivity contribution in [3.8, 4) is 0 Å². The van der Waals surface area contributed by atoms with Crippen molar-refractivity contribution in [3.05, 3.63) is 88.3 Å². The van der Waals surface area contributed by atoms with Gasteiger partial charge in [-0.1, -0.05) is 82.3 Å². The zero-order chi connectivity index (χ0) is 24.2. The summed E-state index contributed by atoms with van der Waals surface area (Å²) in [4.78, 5) is 20.2. The molecule has 2 aromatic carbocycles. The predicted octanol–water partition coefficient (Wildman–Crippen LogP) is 7.20. The summed E-state index contributed by atoms with van der Waals surface area (Å²) in [5.74, 6) is 0.753. The van der Waals surface area contributed by atoms with Crippen molar-refractivity contribution in [1.82, 2.24) is 0 Å². The summed E-state index contributed by atoms with van der Waals surface area (Å²) >= 11 is 0. The van der Waals surface area contributed by atoms with Gasteiger partial charge in [-0.15, -0.1) is 0 Å². The van der Waals surface area contributed by atoms with Crippen molar-refractivity contribution in [3.63, 3.8) is 0 Å². The molecule has 0 radical (unpaired) electrons. The zero-order valence-electron chi connectivity index (χ0n) is 20.6. The summed E-state index contributed by atoms with van der Waals surface area (Å²) in [6.45, 7) is 5.38. The SMILES string of the molecule is CC1(C)/C(=C/C2=C(O)C(=C3/C=Nc4ccccc43)/C2=O)N(CCC2CCCCC2)c2ccccc21. The molecule has 0 amide bonds. The molecule has 6 rings (SSSR count). The number of Topliss-reactive ketones (excluding diaryl/α,β-unsaturated/α-hetero) is 1. The van der Waals surface area contributed by atoms with Crippen LogP contribution in [0, 0.1) is 5.92 Å². The number of anilines is 1. The lowest BCUT2D eigenvalue weighted by Crippen LogP contribution is -2.31. The lowest BCUT2D eigenvalue weighted by Gasteiger charge is -2.31. The standard InChI is InChI=1S/C31H32N2O2/c1-31(2)24-13-7-9-15-26(24)33(17-16-20-10-4-3-5-11-20)27(31)18-22-29(34)28(30(22)35)23-19-32-25-14-8-6-12-21(23)25/h6-9,12-15,18-20,34H,3-5,10-11,16-17H2,1-2H3/b27-18-,28-23+. The van der Waals surface area contributed by atoms with Crippen molar-refractivity contribution >= 4 is 28.9 Å². The minimum Gasteiger partial charge on any atom is -0.506 e. The molecule has 1 saturated carbocycles. The topological polar surface area (TPSA) is 52.9 Å². The van der Waals surface area contributed by atoms with Crippen LogP contribution in [0.1, 0.15) is 63.5 Å². The molecule has 4 nitrogen and oxygen atoms in total. The third kappa shape index (κ3) is 3.50. The Bertz CT molecular complexity index is 1340. The number of aliphatic hydroxyl groups excluding tert-OH is 1. The number of allylic oxidation sites excluding steroid dienone is 5. The minimum absolute atomic E-state index is 0.0830. The second-order valence-corrected chi connectivity index (χ2v) is 10.8. The minimum atomic E-state index is -0.249. The average Bonchev–Trinajstić information content (AvgIpc) is 3.38. The third-order valence-electron chi connectivity index (χ3n) is 8.33. The highest BCUT2D eigenvalue weighted by atomic mass is 16.3. The summed E-state index contributed by atoms with van der Waals surface area (Å²) < 4.78 is 0. The van der Waals surface area contributed by atoms with E-state index in [4.69, 9.17) is 0 Å². The summed E-state index contributed by atoms with van der Waals surface area (Å²) in [5, 5.41) is 11.1. The van der Waals surface area contributed by atoms with Gasteiger partial charge >= 0.3 is 0 Å². The number of aliphatic imine (C=N–C) groups is 1. The average molecular weight is 465 g/mol. The number of hydrogen-bond acceptors (Lipinski definition) is 4. The second-order valence-electron chi connectivity index (χ2n) is 10.8. The first-order valence-electron chi connectivity index (χ1n) is 12.9. The Morgan fingerprint density at radius 1 is 1.06 bits per heavy atom. The number of carbonyl (C=O) groups excluding carboxylic acids is 1. The van der Waals surface area contributed by atoms with Gasteiger partial charge in [0.05, 0.1) is 16.8 Å². The molecule has 4 heteroatoms. The van der Waals surface area contributed by atoms with E-state index >= 15 is 0 Å². The van der Waals surface area contributed by atoms with Crippen molar-refractivity contribution in [2.24, 2.45) is 10.9 Å². The molecule has 2 aliphatic heterocycles.